The van der Waals surface area contributed by atoms with Gasteiger partial charge in [0.25, 0.3) is 0 Å². The molecule has 5 heteroatoms. The zero-order valence-corrected chi connectivity index (χ0v) is 38.9. The van der Waals surface area contributed by atoms with Gasteiger partial charge in [-0.1, -0.05) is 181 Å². The molecule has 0 spiro atoms. The van der Waals surface area contributed by atoms with E-state index in [1.54, 1.807) is 0 Å². The molecule has 8 rings (SSSR count). The van der Waals surface area contributed by atoms with Crippen molar-refractivity contribution in [1.82, 2.24) is 9.97 Å². The number of aryl methyl sites for hydroxylation is 1. The quantitative estimate of drug-likeness (QED) is 0.123. The van der Waals surface area contributed by atoms with Crippen LogP contribution < -0.4 is 5.19 Å². The number of aromatic nitrogens is 2. The number of hydrogen-bond donors (Lipinski definition) is 0. The van der Waals surface area contributed by atoms with Gasteiger partial charge in [-0.25, -0.2) is 0 Å². The molecular formula is C53H54IrN2OSi-2. The first kappa shape index (κ1) is 42.7. The molecule has 0 atom stereocenters. The fourth-order valence-electron chi connectivity index (χ4n) is 7.49. The molecule has 297 valence electrons. The third kappa shape index (κ3) is 9.67. The second kappa shape index (κ2) is 17.1. The fraction of sp³-hybridized carbons (Fsp3) is 0.245. The first-order valence-electron chi connectivity index (χ1n) is 20.0. The Morgan fingerprint density at radius 3 is 2.00 bits per heavy atom. The summed E-state index contributed by atoms with van der Waals surface area (Å²) in [6.07, 6.45) is 5.08. The van der Waals surface area contributed by atoms with Gasteiger partial charge in [0.2, 0.25) is 0 Å². The summed E-state index contributed by atoms with van der Waals surface area (Å²) < 4.78 is 6.35. The van der Waals surface area contributed by atoms with Crippen molar-refractivity contribution in [3.05, 3.63) is 163 Å². The average Bonchev–Trinajstić information content (AvgIpc) is 3.56. The standard InChI is InChI=1S/C27H22NO.C26H32NSi.Ir/c1-27(2,3)20-14-15-28-24(17-20)23-11-7-10-22-21-13-12-19(16-25(21)29-26(22)23)18-8-5-4-6-9-18;1-19-15-21(13-14-23(19)20-11-9-8-10-12-20)24-16-22(17-26(2,3)4)25(18-27-24)28(5,6)7;/h4-10,12-17H,1-3H3;8-12,14-16,18H,17H2,1-7H3;/q2*-1;. The van der Waals surface area contributed by atoms with Crippen molar-refractivity contribution in [2.24, 2.45) is 5.41 Å². The van der Waals surface area contributed by atoms with Gasteiger partial charge in [0, 0.05) is 37.9 Å². The smallest absolute Gasteiger partial charge is 0.121 e. The summed E-state index contributed by atoms with van der Waals surface area (Å²) in [4.78, 5) is 9.47. The van der Waals surface area contributed by atoms with E-state index in [1.165, 1.54) is 38.6 Å². The van der Waals surface area contributed by atoms with E-state index in [9.17, 15) is 0 Å². The van der Waals surface area contributed by atoms with Gasteiger partial charge in [-0.15, -0.1) is 47.5 Å². The van der Waals surface area contributed by atoms with Gasteiger partial charge in [0.1, 0.15) is 5.58 Å². The van der Waals surface area contributed by atoms with E-state index in [0.717, 1.165) is 56.4 Å². The molecule has 0 bridgehead atoms. The van der Waals surface area contributed by atoms with Crippen LogP contribution in [0.5, 0.6) is 0 Å². The van der Waals surface area contributed by atoms with Crippen LogP contribution in [0.2, 0.25) is 19.6 Å². The molecule has 1 radical (unpaired) electrons. The molecular weight excluding hydrogens is 901 g/mol. The maximum absolute atomic E-state index is 6.35. The summed E-state index contributed by atoms with van der Waals surface area (Å²) in [7, 11) is -1.44. The normalized spacial score (nSPS) is 11.9. The van der Waals surface area contributed by atoms with E-state index in [0.29, 0.717) is 0 Å². The zero-order valence-electron chi connectivity index (χ0n) is 35.5. The van der Waals surface area contributed by atoms with Gasteiger partial charge in [-0.05, 0) is 62.6 Å². The molecule has 5 aromatic carbocycles. The molecule has 0 saturated carbocycles. The monoisotopic (exact) mass is 955 g/mol. The third-order valence-electron chi connectivity index (χ3n) is 10.5. The van der Waals surface area contributed by atoms with Crippen molar-refractivity contribution in [2.45, 2.75) is 79.9 Å². The van der Waals surface area contributed by atoms with Crippen molar-refractivity contribution in [2.75, 3.05) is 0 Å². The predicted molar refractivity (Wildman–Crippen MR) is 245 cm³/mol. The van der Waals surface area contributed by atoms with E-state index in [-0.39, 0.29) is 30.9 Å². The molecule has 0 aliphatic carbocycles. The Balaban J connectivity index is 0.000000192. The molecule has 0 unspecified atom stereocenters. The minimum absolute atomic E-state index is 0. The van der Waals surface area contributed by atoms with Crippen LogP contribution in [0, 0.1) is 24.5 Å². The van der Waals surface area contributed by atoms with Crippen LogP contribution in [-0.4, -0.2) is 18.0 Å². The molecule has 58 heavy (non-hydrogen) atoms. The molecule has 0 saturated heterocycles. The van der Waals surface area contributed by atoms with Crippen LogP contribution in [-0.2, 0) is 31.9 Å². The first-order valence-corrected chi connectivity index (χ1v) is 23.5. The summed E-state index contributed by atoms with van der Waals surface area (Å²) in [6.45, 7) is 23.0. The van der Waals surface area contributed by atoms with Crippen molar-refractivity contribution in [1.29, 1.82) is 0 Å². The number of benzene rings is 5. The summed E-state index contributed by atoms with van der Waals surface area (Å²) in [6, 6.07) is 49.1. The Morgan fingerprint density at radius 1 is 0.672 bits per heavy atom. The van der Waals surface area contributed by atoms with E-state index >= 15 is 0 Å². The van der Waals surface area contributed by atoms with Crippen LogP contribution >= 0.6 is 0 Å². The van der Waals surface area contributed by atoms with Gasteiger partial charge in [-0.2, -0.15) is 0 Å². The fourth-order valence-corrected chi connectivity index (χ4v) is 9.07. The van der Waals surface area contributed by atoms with Gasteiger partial charge in [0.05, 0.1) is 13.7 Å². The van der Waals surface area contributed by atoms with Crippen molar-refractivity contribution < 1.29 is 24.5 Å². The molecule has 3 nitrogen and oxygen atoms in total. The minimum atomic E-state index is -1.44. The number of fused-ring (bicyclic) bond motifs is 3. The number of rotatable bonds is 6. The summed E-state index contributed by atoms with van der Waals surface area (Å²) in [5.41, 5.74) is 14.7. The first-order chi connectivity index (χ1) is 27.0. The SMILES string of the molecule is CC(C)(C)c1ccnc(-c2[c-]ccc3c2oc2cc(-c4ccccc4)ccc23)c1.Cc1cc(-c2cc(CC(C)(C)C)c([Si](C)(C)C)cn2)[c-]cc1-c1ccccc1.[Ir]. The second-order valence-electron chi connectivity index (χ2n) is 18.5. The maximum Gasteiger partial charge on any atom is 0.121 e. The Kier molecular flexibility index (Phi) is 12.6. The topological polar surface area (TPSA) is 38.9 Å². The van der Waals surface area contributed by atoms with Crippen LogP contribution in [0.1, 0.15) is 58.2 Å². The summed E-state index contributed by atoms with van der Waals surface area (Å²) in [5.74, 6) is 0. The van der Waals surface area contributed by atoms with Crippen LogP contribution in [0.15, 0.2) is 138 Å². The number of nitrogens with zero attached hydrogens (tertiary/aromatic N) is 2. The average molecular weight is 955 g/mol. The Hall–Kier alpha value is -4.93. The number of hydrogen-bond acceptors (Lipinski definition) is 3. The molecule has 0 amide bonds. The van der Waals surface area contributed by atoms with E-state index in [4.69, 9.17) is 9.40 Å². The van der Waals surface area contributed by atoms with Crippen LogP contribution in [0.4, 0.5) is 0 Å². The summed E-state index contributed by atoms with van der Waals surface area (Å²) in [5, 5.41) is 3.68. The van der Waals surface area contributed by atoms with Gasteiger partial charge in [0.15, 0.2) is 0 Å². The number of pyridine rings is 2. The third-order valence-corrected chi connectivity index (χ3v) is 12.5. The Labute approximate surface area is 360 Å². The summed E-state index contributed by atoms with van der Waals surface area (Å²) >= 11 is 0. The predicted octanol–water partition coefficient (Wildman–Crippen LogP) is 14.1. The Morgan fingerprint density at radius 2 is 1.36 bits per heavy atom. The number of furan rings is 1. The second-order valence-corrected chi connectivity index (χ2v) is 23.5. The van der Waals surface area contributed by atoms with Crippen LogP contribution in [0.3, 0.4) is 0 Å². The maximum atomic E-state index is 6.35. The van der Waals surface area contributed by atoms with Crippen molar-refractivity contribution in [3.8, 4) is 44.8 Å². The van der Waals surface area contributed by atoms with E-state index < -0.39 is 8.07 Å². The van der Waals surface area contributed by atoms with Gasteiger partial charge in [-0.3, -0.25) is 0 Å². The molecule has 3 aromatic heterocycles. The molecule has 0 N–H and O–H groups in total. The van der Waals surface area contributed by atoms with Crippen molar-refractivity contribution in [3.63, 3.8) is 0 Å². The van der Waals surface area contributed by atoms with Crippen LogP contribution in [0.25, 0.3) is 66.7 Å². The zero-order chi connectivity index (χ0) is 40.5. The van der Waals surface area contributed by atoms with Gasteiger partial charge >= 0.3 is 0 Å². The molecule has 0 aliphatic heterocycles. The van der Waals surface area contributed by atoms with Crippen molar-refractivity contribution >= 4 is 35.2 Å². The van der Waals surface area contributed by atoms with E-state index in [1.807, 2.05) is 18.3 Å². The molecule has 3 heterocycles. The van der Waals surface area contributed by atoms with Gasteiger partial charge < -0.3 is 14.4 Å². The minimum Gasteiger partial charge on any atom is -0.501 e. The molecule has 0 fully saturated rings. The van der Waals surface area contributed by atoms with E-state index in [2.05, 4.69) is 201 Å². The molecule has 8 aromatic rings. The molecule has 0 aliphatic rings. The largest absolute Gasteiger partial charge is 0.501 e. The Bertz CT molecular complexity index is 2660.